The summed E-state index contributed by atoms with van der Waals surface area (Å²) in [4.78, 5) is 23.4. The average molecular weight is 303 g/mol. The number of hydrogen-bond donors (Lipinski definition) is 1. The van der Waals surface area contributed by atoms with Crippen LogP contribution in [0.5, 0.6) is 0 Å². The van der Waals surface area contributed by atoms with E-state index in [0.29, 0.717) is 13.1 Å². The van der Waals surface area contributed by atoms with Crippen molar-refractivity contribution < 1.29 is 18.0 Å². The molecular weight excluding hydrogens is 282 g/mol. The van der Waals surface area contributed by atoms with Crippen LogP contribution in [0.25, 0.3) is 0 Å². The van der Waals surface area contributed by atoms with Crippen molar-refractivity contribution in [2.75, 3.05) is 19.6 Å². The van der Waals surface area contributed by atoms with Gasteiger partial charge in [0, 0.05) is 13.1 Å². The highest BCUT2D eigenvalue weighted by atomic mass is 32.2. The van der Waals surface area contributed by atoms with Crippen molar-refractivity contribution in [3.05, 3.63) is 0 Å². The Bertz CT molecular complexity index is 507. The summed E-state index contributed by atoms with van der Waals surface area (Å²) in [5.74, 6) is -1.15. The number of imide groups is 1. The smallest absolute Gasteiger partial charge is 0.283 e. The number of hydrogen-bond acceptors (Lipinski definition) is 4. The molecule has 2 saturated heterocycles. The first-order chi connectivity index (χ1) is 9.26. The Morgan fingerprint density at radius 2 is 1.60 bits per heavy atom. The van der Waals surface area contributed by atoms with Gasteiger partial charge in [0.15, 0.2) is 0 Å². The topological polar surface area (TPSA) is 86.8 Å². The van der Waals surface area contributed by atoms with E-state index in [0.717, 1.165) is 30.0 Å². The molecule has 0 saturated carbocycles. The number of piperazine rings is 1. The van der Waals surface area contributed by atoms with Gasteiger partial charge in [0.05, 0.1) is 6.54 Å². The highest BCUT2D eigenvalue weighted by Crippen LogP contribution is 2.26. The summed E-state index contributed by atoms with van der Waals surface area (Å²) in [5, 5.41) is 2.18. The Labute approximate surface area is 119 Å². The molecular formula is C12H21N3O4S. The zero-order valence-corrected chi connectivity index (χ0v) is 12.7. The van der Waals surface area contributed by atoms with Crippen LogP contribution in [-0.4, -0.2) is 54.0 Å². The van der Waals surface area contributed by atoms with Gasteiger partial charge in [-0.3, -0.25) is 14.9 Å². The van der Waals surface area contributed by atoms with Gasteiger partial charge in [-0.15, -0.1) is 0 Å². The van der Waals surface area contributed by atoms with Crippen LogP contribution in [0.2, 0.25) is 0 Å². The number of rotatable bonds is 2. The van der Waals surface area contributed by atoms with Crippen molar-refractivity contribution >= 4 is 22.0 Å². The maximum absolute atomic E-state index is 12.7. The third-order valence-electron chi connectivity index (χ3n) is 3.89. The van der Waals surface area contributed by atoms with Crippen molar-refractivity contribution in [2.45, 2.75) is 45.1 Å². The second-order valence-corrected chi connectivity index (χ2v) is 7.62. The van der Waals surface area contributed by atoms with E-state index in [1.165, 1.54) is 18.2 Å². The van der Waals surface area contributed by atoms with Crippen LogP contribution in [0.4, 0.5) is 0 Å². The maximum Gasteiger partial charge on any atom is 0.283 e. The van der Waals surface area contributed by atoms with E-state index >= 15 is 0 Å². The number of carbonyl (C=O) groups excluding carboxylic acids is 2. The molecule has 7 nitrogen and oxygen atoms in total. The molecule has 0 bridgehead atoms. The van der Waals surface area contributed by atoms with E-state index in [1.807, 2.05) is 0 Å². The van der Waals surface area contributed by atoms with Crippen molar-refractivity contribution in [2.24, 2.45) is 0 Å². The van der Waals surface area contributed by atoms with Crippen molar-refractivity contribution in [1.82, 2.24) is 13.9 Å². The third kappa shape index (κ3) is 2.72. The first kappa shape index (κ1) is 15.4. The third-order valence-corrected chi connectivity index (χ3v) is 6.05. The molecule has 0 unspecified atom stereocenters. The lowest BCUT2D eigenvalue weighted by Crippen LogP contribution is -2.67. The molecule has 2 rings (SSSR count). The van der Waals surface area contributed by atoms with Crippen LogP contribution in [0.1, 0.15) is 39.5 Å². The summed E-state index contributed by atoms with van der Waals surface area (Å²) >= 11 is 0. The number of nitrogens with one attached hydrogen (secondary N) is 1. The molecule has 0 spiro atoms. The predicted molar refractivity (Wildman–Crippen MR) is 72.9 cm³/mol. The first-order valence-electron chi connectivity index (χ1n) is 6.88. The second-order valence-electron chi connectivity index (χ2n) is 5.76. The zero-order valence-electron chi connectivity index (χ0n) is 11.9. The van der Waals surface area contributed by atoms with Crippen LogP contribution in [0, 0.1) is 0 Å². The predicted octanol–water partition coefficient (Wildman–Crippen LogP) is -0.156. The molecule has 0 aromatic rings. The van der Waals surface area contributed by atoms with Crippen molar-refractivity contribution in [3.63, 3.8) is 0 Å². The molecule has 0 radical (unpaired) electrons. The molecule has 0 atom stereocenters. The van der Waals surface area contributed by atoms with E-state index in [2.05, 4.69) is 5.32 Å². The molecule has 2 amide bonds. The summed E-state index contributed by atoms with van der Waals surface area (Å²) < 4.78 is 27.9. The minimum atomic E-state index is -3.80. The molecule has 114 valence electrons. The van der Waals surface area contributed by atoms with Crippen LogP contribution in [0.15, 0.2) is 0 Å². The van der Waals surface area contributed by atoms with Gasteiger partial charge in [-0.25, -0.2) is 0 Å². The Kier molecular flexibility index (Phi) is 4.17. The van der Waals surface area contributed by atoms with Gasteiger partial charge in [0.25, 0.3) is 10.2 Å². The van der Waals surface area contributed by atoms with Gasteiger partial charge in [-0.05, 0) is 26.7 Å². The van der Waals surface area contributed by atoms with Crippen molar-refractivity contribution in [3.8, 4) is 0 Å². The number of nitrogens with zero attached hydrogens (tertiary/aromatic N) is 2. The molecule has 0 aromatic carbocycles. The van der Waals surface area contributed by atoms with Crippen LogP contribution in [0.3, 0.4) is 0 Å². The number of amides is 2. The fraction of sp³-hybridized carbons (Fsp3) is 0.833. The maximum atomic E-state index is 12.7. The molecule has 1 N–H and O–H groups in total. The lowest BCUT2D eigenvalue weighted by atomic mass is 10.0. The van der Waals surface area contributed by atoms with E-state index in [9.17, 15) is 18.0 Å². The van der Waals surface area contributed by atoms with Gasteiger partial charge in [-0.2, -0.15) is 17.0 Å². The summed E-state index contributed by atoms with van der Waals surface area (Å²) in [5.41, 5.74) is -1.25. The monoisotopic (exact) mass is 303 g/mol. The zero-order chi connectivity index (χ0) is 15.0. The molecule has 8 heteroatoms. The molecule has 0 aromatic heterocycles. The van der Waals surface area contributed by atoms with Crippen LogP contribution >= 0.6 is 0 Å². The molecule has 2 heterocycles. The van der Waals surface area contributed by atoms with E-state index in [4.69, 9.17) is 0 Å². The Morgan fingerprint density at radius 1 is 1.05 bits per heavy atom. The summed E-state index contributed by atoms with van der Waals surface area (Å²) in [7, 11) is -3.80. The Morgan fingerprint density at radius 3 is 2.15 bits per heavy atom. The minimum absolute atomic E-state index is 0.308. The first-order valence-corrected chi connectivity index (χ1v) is 8.28. The Balaban J connectivity index is 2.30. The van der Waals surface area contributed by atoms with Crippen LogP contribution < -0.4 is 5.32 Å². The van der Waals surface area contributed by atoms with Gasteiger partial charge >= 0.3 is 0 Å². The van der Waals surface area contributed by atoms with E-state index in [-0.39, 0.29) is 6.54 Å². The standard InChI is InChI=1S/C12H21N3O4S/c1-12(2)11(17)13-10(16)9-15(12)20(18,19)14-7-5-3-4-6-8-14/h3-9H2,1-2H3,(H,13,16,17). The van der Waals surface area contributed by atoms with Gasteiger partial charge in [0.2, 0.25) is 11.8 Å². The van der Waals surface area contributed by atoms with Gasteiger partial charge in [0.1, 0.15) is 5.54 Å². The fourth-order valence-electron chi connectivity index (χ4n) is 2.54. The molecule has 2 fully saturated rings. The lowest BCUT2D eigenvalue weighted by Gasteiger charge is -2.41. The highest BCUT2D eigenvalue weighted by molar-refractivity contribution is 7.86. The van der Waals surface area contributed by atoms with Crippen LogP contribution in [-0.2, 0) is 19.8 Å². The molecule has 2 aliphatic heterocycles. The minimum Gasteiger partial charge on any atom is -0.294 e. The SMILES string of the molecule is CC1(C)C(=O)NC(=O)CN1S(=O)(=O)N1CCCCCC1. The lowest BCUT2D eigenvalue weighted by molar-refractivity contribution is -0.141. The van der Waals surface area contributed by atoms with Gasteiger partial charge in [-0.1, -0.05) is 12.8 Å². The number of carbonyl (C=O) groups is 2. The summed E-state index contributed by atoms with van der Waals surface area (Å²) in [6.07, 6.45) is 3.64. The largest absolute Gasteiger partial charge is 0.294 e. The second kappa shape index (κ2) is 5.42. The normalized spacial score (nSPS) is 26.1. The fourth-order valence-corrected chi connectivity index (χ4v) is 4.48. The Hall–Kier alpha value is -0.990. The molecule has 20 heavy (non-hydrogen) atoms. The quantitative estimate of drug-likeness (QED) is 0.718. The average Bonchev–Trinajstić information content (AvgIpc) is 2.63. The van der Waals surface area contributed by atoms with Gasteiger partial charge < -0.3 is 0 Å². The van der Waals surface area contributed by atoms with Crippen molar-refractivity contribution in [1.29, 1.82) is 0 Å². The summed E-state index contributed by atoms with van der Waals surface area (Å²) in [6, 6.07) is 0. The van der Waals surface area contributed by atoms with E-state index < -0.39 is 27.6 Å². The summed E-state index contributed by atoms with van der Waals surface area (Å²) in [6.45, 7) is 3.63. The van der Waals surface area contributed by atoms with E-state index in [1.54, 1.807) is 0 Å². The molecule has 0 aliphatic carbocycles. The molecule has 2 aliphatic rings. The highest BCUT2D eigenvalue weighted by Gasteiger charge is 2.48.